The van der Waals surface area contributed by atoms with E-state index in [1.165, 1.54) is 0 Å². The minimum absolute atomic E-state index is 0.0358. The molecule has 0 aliphatic rings. The summed E-state index contributed by atoms with van der Waals surface area (Å²) in [7, 11) is -3.76. The van der Waals surface area contributed by atoms with E-state index in [1.54, 1.807) is 93.6 Å². The minimum atomic E-state index is -3.76. The van der Waals surface area contributed by atoms with Crippen molar-refractivity contribution in [3.05, 3.63) is 114 Å². The third kappa shape index (κ3) is 7.96. The fourth-order valence-electron chi connectivity index (χ4n) is 4.45. The number of hydrogen-bond acceptors (Lipinski definition) is 6. The molecule has 0 aliphatic heterocycles. The number of amidine groups is 1. The van der Waals surface area contributed by atoms with E-state index >= 15 is 0 Å². The SMILES string of the molecule is CC(C)(C)NS(=O)(=O)c1ccccc1-c1ccc(NC(=O)[C@H](Cc2ccccc2)Nc2cccc(C(N)=NO)c2)cc1. The van der Waals surface area contributed by atoms with Crippen molar-refractivity contribution in [2.24, 2.45) is 10.9 Å². The van der Waals surface area contributed by atoms with E-state index in [0.717, 1.165) is 5.56 Å². The number of hydrogen-bond donors (Lipinski definition) is 5. The lowest BCUT2D eigenvalue weighted by molar-refractivity contribution is -0.116. The summed E-state index contributed by atoms with van der Waals surface area (Å²) in [6.45, 7) is 5.38. The zero-order chi connectivity index (χ0) is 30.3. The summed E-state index contributed by atoms with van der Waals surface area (Å²) < 4.78 is 28.9. The van der Waals surface area contributed by atoms with E-state index in [1.807, 2.05) is 30.3 Å². The summed E-state index contributed by atoms with van der Waals surface area (Å²) in [6, 6.07) is 29.8. The van der Waals surface area contributed by atoms with Gasteiger partial charge in [-0.3, -0.25) is 4.79 Å². The third-order valence-electron chi connectivity index (χ3n) is 6.29. The van der Waals surface area contributed by atoms with Crippen molar-refractivity contribution in [2.75, 3.05) is 10.6 Å². The molecule has 9 nitrogen and oxygen atoms in total. The molecule has 0 saturated heterocycles. The zero-order valence-electron chi connectivity index (χ0n) is 23.7. The molecule has 0 radical (unpaired) electrons. The molecule has 10 heteroatoms. The van der Waals surface area contributed by atoms with Crippen LogP contribution in [-0.2, 0) is 21.2 Å². The van der Waals surface area contributed by atoms with Gasteiger partial charge >= 0.3 is 0 Å². The van der Waals surface area contributed by atoms with Crippen LogP contribution >= 0.6 is 0 Å². The van der Waals surface area contributed by atoms with Crippen LogP contribution in [-0.4, -0.2) is 36.9 Å². The van der Waals surface area contributed by atoms with Gasteiger partial charge in [-0.1, -0.05) is 78.0 Å². The standard InChI is InChI=1S/C32H35N5O4S/c1-32(2,3)37-42(40,41)29-15-8-7-14-27(29)23-16-18-25(19-17-23)35-31(38)28(20-22-10-5-4-6-11-22)34-26-13-9-12-24(21-26)30(33)36-39/h4-19,21,28,34,37,39H,20H2,1-3H3,(H2,33,36)(H,35,38)/t28-/m0/s1. The smallest absolute Gasteiger partial charge is 0.247 e. The highest BCUT2D eigenvalue weighted by Gasteiger charge is 2.25. The van der Waals surface area contributed by atoms with Crippen molar-refractivity contribution in [2.45, 2.75) is 43.7 Å². The van der Waals surface area contributed by atoms with Gasteiger partial charge in [0.15, 0.2) is 5.84 Å². The van der Waals surface area contributed by atoms with Crippen LogP contribution in [0.25, 0.3) is 11.1 Å². The molecule has 218 valence electrons. The predicted octanol–water partition coefficient (Wildman–Crippen LogP) is 5.19. The molecule has 4 aromatic carbocycles. The number of amides is 1. The number of carbonyl (C=O) groups is 1. The Kier molecular flexibility index (Phi) is 9.29. The van der Waals surface area contributed by atoms with Gasteiger partial charge in [-0.05, 0) is 62.2 Å². The number of rotatable bonds is 10. The number of nitrogens with one attached hydrogen (secondary N) is 3. The highest BCUT2D eigenvalue weighted by Crippen LogP contribution is 2.29. The van der Waals surface area contributed by atoms with Crippen LogP contribution < -0.4 is 21.1 Å². The molecule has 0 aliphatic carbocycles. The van der Waals surface area contributed by atoms with Crippen LogP contribution in [0.15, 0.2) is 113 Å². The Hall–Kier alpha value is -4.67. The molecule has 4 aromatic rings. The minimum Gasteiger partial charge on any atom is -0.409 e. The highest BCUT2D eigenvalue weighted by atomic mass is 32.2. The van der Waals surface area contributed by atoms with Gasteiger partial charge in [-0.25, -0.2) is 13.1 Å². The van der Waals surface area contributed by atoms with Crippen molar-refractivity contribution in [3.63, 3.8) is 0 Å². The van der Waals surface area contributed by atoms with Gasteiger partial charge in [-0.2, -0.15) is 0 Å². The number of oxime groups is 1. The summed E-state index contributed by atoms with van der Waals surface area (Å²) in [5.74, 6) is -0.301. The van der Waals surface area contributed by atoms with Crippen LogP contribution in [0.2, 0.25) is 0 Å². The Balaban J connectivity index is 1.57. The molecule has 0 fully saturated rings. The predicted molar refractivity (Wildman–Crippen MR) is 167 cm³/mol. The monoisotopic (exact) mass is 585 g/mol. The number of anilines is 2. The number of carbonyl (C=O) groups excluding carboxylic acids is 1. The lowest BCUT2D eigenvalue weighted by Gasteiger charge is -2.22. The second kappa shape index (κ2) is 12.9. The van der Waals surface area contributed by atoms with Crippen LogP contribution in [0, 0.1) is 0 Å². The Labute approximate surface area is 246 Å². The van der Waals surface area contributed by atoms with E-state index in [4.69, 9.17) is 10.9 Å². The van der Waals surface area contributed by atoms with E-state index in [9.17, 15) is 13.2 Å². The van der Waals surface area contributed by atoms with Crippen LogP contribution in [0.1, 0.15) is 31.9 Å². The summed E-state index contributed by atoms with van der Waals surface area (Å²) in [5, 5.41) is 18.3. The molecular formula is C32H35N5O4S. The van der Waals surface area contributed by atoms with Gasteiger partial charge in [-0.15, -0.1) is 0 Å². The summed E-state index contributed by atoms with van der Waals surface area (Å²) >= 11 is 0. The molecule has 1 atom stereocenters. The Bertz CT molecular complexity index is 1670. The molecule has 6 N–H and O–H groups in total. The first-order valence-corrected chi connectivity index (χ1v) is 14.9. The molecule has 0 saturated carbocycles. The van der Waals surface area contributed by atoms with Gasteiger partial charge in [0.25, 0.3) is 0 Å². The number of nitrogens with zero attached hydrogens (tertiary/aromatic N) is 1. The van der Waals surface area contributed by atoms with E-state index in [-0.39, 0.29) is 16.6 Å². The first-order chi connectivity index (χ1) is 19.9. The lowest BCUT2D eigenvalue weighted by Crippen LogP contribution is -2.40. The normalized spacial score (nSPS) is 12.9. The largest absolute Gasteiger partial charge is 0.409 e. The maximum Gasteiger partial charge on any atom is 0.247 e. The fraction of sp³-hybridized carbons (Fsp3) is 0.188. The number of nitrogens with two attached hydrogens (primary N) is 1. The van der Waals surface area contributed by atoms with E-state index in [0.29, 0.717) is 34.5 Å². The Morgan fingerprint density at radius 2 is 1.55 bits per heavy atom. The Morgan fingerprint density at radius 1 is 0.881 bits per heavy atom. The second-order valence-corrected chi connectivity index (χ2v) is 12.5. The van der Waals surface area contributed by atoms with Crippen molar-refractivity contribution >= 4 is 33.1 Å². The first kappa shape index (κ1) is 30.3. The maximum atomic E-state index is 13.5. The Morgan fingerprint density at radius 3 is 2.21 bits per heavy atom. The van der Waals surface area contributed by atoms with Gasteiger partial charge in [0.2, 0.25) is 15.9 Å². The highest BCUT2D eigenvalue weighted by molar-refractivity contribution is 7.89. The second-order valence-electron chi connectivity index (χ2n) is 10.9. The third-order valence-corrected chi connectivity index (χ3v) is 8.10. The number of sulfonamides is 1. The average Bonchev–Trinajstić information content (AvgIpc) is 2.96. The van der Waals surface area contributed by atoms with Crippen LogP contribution in [0.4, 0.5) is 11.4 Å². The van der Waals surface area contributed by atoms with Crippen molar-refractivity contribution in [1.82, 2.24) is 4.72 Å². The molecule has 1 amide bonds. The fourth-order valence-corrected chi connectivity index (χ4v) is 6.10. The van der Waals surface area contributed by atoms with Crippen LogP contribution in [0.5, 0.6) is 0 Å². The molecule has 0 bridgehead atoms. The lowest BCUT2D eigenvalue weighted by atomic mass is 10.0. The molecule has 0 heterocycles. The van der Waals surface area contributed by atoms with Gasteiger partial charge in [0.05, 0.1) is 4.90 Å². The van der Waals surface area contributed by atoms with Crippen molar-refractivity contribution in [3.8, 4) is 11.1 Å². The molecule has 0 spiro atoms. The van der Waals surface area contributed by atoms with E-state index in [2.05, 4.69) is 20.5 Å². The quantitative estimate of drug-likeness (QED) is 0.0750. The summed E-state index contributed by atoms with van der Waals surface area (Å²) in [5.41, 5.74) is 9.04. The zero-order valence-corrected chi connectivity index (χ0v) is 24.5. The topological polar surface area (TPSA) is 146 Å². The molecule has 4 rings (SSSR count). The number of benzene rings is 4. The molecule has 0 unspecified atom stereocenters. The van der Waals surface area contributed by atoms with E-state index < -0.39 is 21.6 Å². The first-order valence-electron chi connectivity index (χ1n) is 13.4. The summed E-state index contributed by atoms with van der Waals surface area (Å²) in [6.07, 6.45) is 0.407. The summed E-state index contributed by atoms with van der Waals surface area (Å²) in [4.78, 5) is 13.7. The van der Waals surface area contributed by atoms with Gasteiger partial charge < -0.3 is 21.6 Å². The van der Waals surface area contributed by atoms with Gasteiger partial charge in [0.1, 0.15) is 6.04 Å². The molecule has 42 heavy (non-hydrogen) atoms. The average molecular weight is 586 g/mol. The van der Waals surface area contributed by atoms with Crippen molar-refractivity contribution < 1.29 is 18.4 Å². The van der Waals surface area contributed by atoms with Crippen molar-refractivity contribution in [1.29, 1.82) is 0 Å². The maximum absolute atomic E-state index is 13.5. The molecular weight excluding hydrogens is 550 g/mol. The molecule has 0 aromatic heterocycles. The van der Waals surface area contributed by atoms with Gasteiger partial charge in [0, 0.05) is 34.5 Å². The van der Waals surface area contributed by atoms with Crippen LogP contribution in [0.3, 0.4) is 0 Å².